The number of nitrogens with zero attached hydrogens (tertiary/aromatic N) is 3. The Labute approximate surface area is 104 Å². The van der Waals surface area contributed by atoms with Crippen LogP contribution in [0.4, 0.5) is 0 Å². The van der Waals surface area contributed by atoms with E-state index < -0.39 is 0 Å². The maximum atomic E-state index is 9.92. The van der Waals surface area contributed by atoms with Crippen LogP contribution in [0.1, 0.15) is 32.4 Å². The van der Waals surface area contributed by atoms with Crippen molar-refractivity contribution in [3.63, 3.8) is 0 Å². The van der Waals surface area contributed by atoms with Crippen LogP contribution in [0.3, 0.4) is 0 Å². The zero-order valence-electron chi connectivity index (χ0n) is 11.3. The van der Waals surface area contributed by atoms with Crippen LogP contribution in [-0.2, 0) is 13.5 Å². The molecule has 0 spiro atoms. The minimum atomic E-state index is -0.203. The second-order valence-electron chi connectivity index (χ2n) is 4.45. The van der Waals surface area contributed by atoms with Gasteiger partial charge in [0, 0.05) is 25.5 Å². The molecule has 0 fully saturated rings. The molecule has 0 bridgehead atoms. The molecule has 0 radical (unpaired) electrons. The van der Waals surface area contributed by atoms with E-state index in [0.717, 1.165) is 38.9 Å². The van der Waals surface area contributed by atoms with Crippen LogP contribution in [-0.4, -0.2) is 45.5 Å². The van der Waals surface area contributed by atoms with E-state index in [9.17, 15) is 5.11 Å². The molecule has 1 atom stereocenters. The van der Waals surface area contributed by atoms with Gasteiger partial charge >= 0.3 is 0 Å². The summed E-state index contributed by atoms with van der Waals surface area (Å²) in [5.41, 5.74) is 1.19. The highest BCUT2D eigenvalue weighted by Gasteiger charge is 2.08. The third kappa shape index (κ3) is 4.88. The predicted octanol–water partition coefficient (Wildman–Crippen LogP) is 1.45. The van der Waals surface area contributed by atoms with Gasteiger partial charge in [-0.25, -0.2) is 0 Å². The Morgan fingerprint density at radius 1 is 1.35 bits per heavy atom. The number of aliphatic hydroxyl groups excluding tert-OH is 1. The maximum Gasteiger partial charge on any atom is 0.0556 e. The Hall–Kier alpha value is -0.870. The molecule has 0 saturated carbocycles. The first kappa shape index (κ1) is 14.2. The fourth-order valence-corrected chi connectivity index (χ4v) is 1.98. The van der Waals surface area contributed by atoms with E-state index in [-0.39, 0.29) is 6.10 Å². The molecule has 0 aliphatic rings. The largest absolute Gasteiger partial charge is 0.393 e. The van der Waals surface area contributed by atoms with Gasteiger partial charge in [-0.2, -0.15) is 5.10 Å². The molecule has 17 heavy (non-hydrogen) atoms. The summed E-state index contributed by atoms with van der Waals surface area (Å²) in [4.78, 5) is 2.34. The molecule has 4 nitrogen and oxygen atoms in total. The average Bonchev–Trinajstić information content (AvgIpc) is 2.73. The first-order valence-electron chi connectivity index (χ1n) is 6.54. The minimum Gasteiger partial charge on any atom is -0.393 e. The highest BCUT2D eigenvalue weighted by Crippen LogP contribution is 2.07. The number of aromatic nitrogens is 2. The van der Waals surface area contributed by atoms with Crippen molar-refractivity contribution in [1.29, 1.82) is 0 Å². The summed E-state index contributed by atoms with van der Waals surface area (Å²) in [7, 11) is 1.94. The van der Waals surface area contributed by atoms with Crippen molar-refractivity contribution in [3.8, 4) is 0 Å². The first-order chi connectivity index (χ1) is 8.17. The lowest BCUT2D eigenvalue weighted by Crippen LogP contribution is -2.27. The van der Waals surface area contributed by atoms with E-state index >= 15 is 0 Å². The molecule has 1 heterocycles. The summed E-state index contributed by atoms with van der Waals surface area (Å²) in [6.07, 6.45) is 4.18. The zero-order valence-corrected chi connectivity index (χ0v) is 11.3. The van der Waals surface area contributed by atoms with E-state index in [4.69, 9.17) is 0 Å². The highest BCUT2D eigenvalue weighted by atomic mass is 16.3. The molecule has 0 aliphatic carbocycles. The van der Waals surface area contributed by atoms with Gasteiger partial charge in [0.15, 0.2) is 0 Å². The highest BCUT2D eigenvalue weighted by molar-refractivity contribution is 5.00. The van der Waals surface area contributed by atoms with Gasteiger partial charge in [-0.1, -0.05) is 13.8 Å². The molecule has 98 valence electrons. The van der Waals surface area contributed by atoms with Gasteiger partial charge in [-0.05, 0) is 38.4 Å². The van der Waals surface area contributed by atoms with E-state index in [0.29, 0.717) is 0 Å². The number of rotatable bonds is 8. The van der Waals surface area contributed by atoms with Gasteiger partial charge in [0.25, 0.3) is 0 Å². The molecule has 0 aliphatic heterocycles. The Morgan fingerprint density at radius 2 is 2.06 bits per heavy atom. The van der Waals surface area contributed by atoms with Crippen LogP contribution in [0.5, 0.6) is 0 Å². The second-order valence-corrected chi connectivity index (χ2v) is 4.45. The van der Waals surface area contributed by atoms with E-state index in [1.54, 1.807) is 6.20 Å². The van der Waals surface area contributed by atoms with Crippen molar-refractivity contribution in [3.05, 3.63) is 18.0 Å². The Balaban J connectivity index is 2.21. The third-order valence-corrected chi connectivity index (χ3v) is 3.33. The molecule has 1 aromatic rings. The number of aryl methyl sites for hydroxylation is 2. The molecular weight excluding hydrogens is 214 g/mol. The Morgan fingerprint density at radius 3 is 2.59 bits per heavy atom. The first-order valence-corrected chi connectivity index (χ1v) is 6.54. The number of hydrogen-bond donors (Lipinski definition) is 1. The number of hydrogen-bond acceptors (Lipinski definition) is 3. The van der Waals surface area contributed by atoms with Crippen LogP contribution >= 0.6 is 0 Å². The van der Waals surface area contributed by atoms with E-state index in [1.165, 1.54) is 5.69 Å². The lowest BCUT2D eigenvalue weighted by molar-refractivity contribution is 0.135. The zero-order chi connectivity index (χ0) is 12.7. The summed E-state index contributed by atoms with van der Waals surface area (Å²) in [5, 5.41) is 14.0. The van der Waals surface area contributed by atoms with Gasteiger partial charge in [-0.3, -0.25) is 4.68 Å². The van der Waals surface area contributed by atoms with Crippen LogP contribution in [0, 0.1) is 0 Å². The van der Waals surface area contributed by atoms with Crippen LogP contribution in [0.15, 0.2) is 12.3 Å². The topological polar surface area (TPSA) is 41.3 Å². The summed E-state index contributed by atoms with van der Waals surface area (Å²) in [6.45, 7) is 7.42. The van der Waals surface area contributed by atoms with Crippen LogP contribution < -0.4 is 0 Å². The van der Waals surface area contributed by atoms with Gasteiger partial charge in [0.1, 0.15) is 0 Å². The Bertz CT molecular complexity index is 307. The van der Waals surface area contributed by atoms with Gasteiger partial charge in [0.05, 0.1) is 6.10 Å². The lowest BCUT2D eigenvalue weighted by Gasteiger charge is -2.19. The van der Waals surface area contributed by atoms with Crippen molar-refractivity contribution >= 4 is 0 Å². The van der Waals surface area contributed by atoms with Gasteiger partial charge < -0.3 is 10.0 Å². The van der Waals surface area contributed by atoms with E-state index in [2.05, 4.69) is 23.8 Å². The van der Waals surface area contributed by atoms with Crippen molar-refractivity contribution in [2.75, 3.05) is 19.6 Å². The fraction of sp³-hybridized carbons (Fsp3) is 0.769. The van der Waals surface area contributed by atoms with Crippen LogP contribution in [0.2, 0.25) is 0 Å². The molecule has 0 saturated heterocycles. The molecule has 1 rings (SSSR count). The summed E-state index contributed by atoms with van der Waals surface area (Å²) in [5.74, 6) is 0. The molecule has 0 amide bonds. The monoisotopic (exact) mass is 239 g/mol. The number of aliphatic hydroxyl groups is 1. The van der Waals surface area contributed by atoms with Gasteiger partial charge in [0.2, 0.25) is 0 Å². The molecule has 1 aromatic heterocycles. The van der Waals surface area contributed by atoms with Crippen molar-refractivity contribution in [2.24, 2.45) is 7.05 Å². The standard InChI is InChI=1S/C13H25N3O/c1-4-16(5-2)11-9-13(17)7-6-12-8-10-14-15(12)3/h8,10,13,17H,4-7,9,11H2,1-3H3. The maximum absolute atomic E-state index is 9.92. The van der Waals surface area contributed by atoms with Crippen molar-refractivity contribution in [1.82, 2.24) is 14.7 Å². The average molecular weight is 239 g/mol. The van der Waals surface area contributed by atoms with Crippen molar-refractivity contribution in [2.45, 2.75) is 39.2 Å². The van der Waals surface area contributed by atoms with Crippen LogP contribution in [0.25, 0.3) is 0 Å². The molecule has 0 aromatic carbocycles. The predicted molar refractivity (Wildman–Crippen MR) is 69.9 cm³/mol. The smallest absolute Gasteiger partial charge is 0.0556 e. The molecular formula is C13H25N3O. The van der Waals surface area contributed by atoms with E-state index in [1.807, 2.05) is 17.8 Å². The second kappa shape index (κ2) is 7.45. The molecule has 1 N–H and O–H groups in total. The normalized spacial score (nSPS) is 13.2. The SMILES string of the molecule is CCN(CC)CCC(O)CCc1ccnn1C. The van der Waals surface area contributed by atoms with Crippen molar-refractivity contribution < 1.29 is 5.11 Å². The minimum absolute atomic E-state index is 0.203. The third-order valence-electron chi connectivity index (χ3n) is 3.33. The molecule has 1 unspecified atom stereocenters. The summed E-state index contributed by atoms with van der Waals surface area (Å²) < 4.78 is 1.87. The quantitative estimate of drug-likeness (QED) is 0.746. The Kier molecular flexibility index (Phi) is 6.22. The van der Waals surface area contributed by atoms with Gasteiger partial charge in [-0.15, -0.1) is 0 Å². The summed E-state index contributed by atoms with van der Waals surface area (Å²) in [6, 6.07) is 2.01. The fourth-order valence-electron chi connectivity index (χ4n) is 1.98. The molecule has 4 heteroatoms. The lowest BCUT2D eigenvalue weighted by atomic mass is 10.1. The summed E-state index contributed by atoms with van der Waals surface area (Å²) >= 11 is 0.